The summed E-state index contributed by atoms with van der Waals surface area (Å²) in [6, 6.07) is 15.0. The van der Waals surface area contributed by atoms with Crippen LogP contribution in [0.15, 0.2) is 58.9 Å². The van der Waals surface area contributed by atoms with Crippen molar-refractivity contribution in [1.29, 1.82) is 10.5 Å². The fourth-order valence-corrected chi connectivity index (χ4v) is 1.93. The summed E-state index contributed by atoms with van der Waals surface area (Å²) in [5.74, 6) is 0.491. The second kappa shape index (κ2) is 7.48. The van der Waals surface area contributed by atoms with Crippen molar-refractivity contribution in [3.8, 4) is 23.5 Å². The molecule has 0 spiro atoms. The predicted molar refractivity (Wildman–Crippen MR) is 88.3 cm³/mol. The van der Waals surface area contributed by atoms with Crippen LogP contribution < -0.4 is 4.90 Å². The molecule has 0 radical (unpaired) electrons. The highest BCUT2D eigenvalue weighted by molar-refractivity contribution is 5.84. The Labute approximate surface area is 134 Å². The third-order valence-corrected chi connectivity index (χ3v) is 3.01. The molecule has 6 heteroatoms. The highest BCUT2D eigenvalue weighted by Gasteiger charge is 2.15. The first kappa shape index (κ1) is 15.9. The number of hydrogen-bond donors (Lipinski definition) is 0. The fourth-order valence-electron chi connectivity index (χ4n) is 1.93. The van der Waals surface area contributed by atoms with Gasteiger partial charge in [-0.2, -0.15) is 10.5 Å². The Morgan fingerprint density at radius 2 is 1.91 bits per heavy atom. The van der Waals surface area contributed by atoms with Gasteiger partial charge in [-0.3, -0.25) is 14.9 Å². The molecule has 23 heavy (non-hydrogen) atoms. The molecule has 0 N–H and O–H groups in total. The summed E-state index contributed by atoms with van der Waals surface area (Å²) < 4.78 is 0. The largest absolute Gasteiger partial charge is 0.278 e. The van der Waals surface area contributed by atoms with Gasteiger partial charge in [0.15, 0.2) is 0 Å². The van der Waals surface area contributed by atoms with Gasteiger partial charge < -0.3 is 0 Å². The van der Waals surface area contributed by atoms with Crippen LogP contribution in [0.1, 0.15) is 6.92 Å². The van der Waals surface area contributed by atoms with Crippen LogP contribution in [0.4, 0.5) is 5.82 Å². The average Bonchev–Trinajstić information content (AvgIpc) is 2.62. The monoisotopic (exact) mass is 302 g/mol. The van der Waals surface area contributed by atoms with Crippen molar-refractivity contribution in [2.75, 3.05) is 11.9 Å². The average molecular weight is 302 g/mol. The van der Waals surface area contributed by atoms with Crippen LogP contribution in [-0.2, 0) is 0 Å². The number of aromatic nitrogens is 2. The second-order valence-electron chi connectivity index (χ2n) is 4.54. The van der Waals surface area contributed by atoms with Gasteiger partial charge in [0.1, 0.15) is 17.6 Å². The van der Waals surface area contributed by atoms with Crippen LogP contribution >= 0.6 is 0 Å². The standard InChI is InChI=1S/C17H14N6/c1-13(10-18)16(11-19)23(12-20-2)17-8-5-7-15(22-17)14-6-3-4-9-21-14/h3-9,12H,1-2H3/b16-13+,20-12?. The van der Waals surface area contributed by atoms with E-state index in [9.17, 15) is 5.26 Å². The van der Waals surface area contributed by atoms with E-state index >= 15 is 0 Å². The van der Waals surface area contributed by atoms with E-state index in [4.69, 9.17) is 5.26 Å². The van der Waals surface area contributed by atoms with Gasteiger partial charge >= 0.3 is 0 Å². The van der Waals surface area contributed by atoms with Crippen LogP contribution in [0.25, 0.3) is 11.4 Å². The molecule has 0 atom stereocenters. The summed E-state index contributed by atoms with van der Waals surface area (Å²) in [6.07, 6.45) is 3.15. The van der Waals surface area contributed by atoms with Gasteiger partial charge in [0.05, 0.1) is 29.4 Å². The lowest BCUT2D eigenvalue weighted by molar-refractivity contribution is 1.15. The van der Waals surface area contributed by atoms with E-state index in [2.05, 4.69) is 15.0 Å². The van der Waals surface area contributed by atoms with Gasteiger partial charge in [0.25, 0.3) is 0 Å². The van der Waals surface area contributed by atoms with E-state index in [1.807, 2.05) is 42.5 Å². The lowest BCUT2D eigenvalue weighted by Gasteiger charge is -2.18. The zero-order chi connectivity index (χ0) is 16.7. The molecule has 0 aliphatic heterocycles. The molecule has 112 valence electrons. The molecule has 2 aromatic rings. The van der Waals surface area contributed by atoms with E-state index in [1.165, 1.54) is 11.2 Å². The molecule has 0 aliphatic rings. The first-order valence-corrected chi connectivity index (χ1v) is 6.82. The molecular formula is C17H14N6. The smallest absolute Gasteiger partial charge is 0.140 e. The number of aliphatic imine (C=N–C) groups is 1. The molecule has 0 aliphatic carbocycles. The SMILES string of the molecule is CN=CN(/C(C#N)=C(\C)C#N)c1cccc(-c2ccccn2)n1. The first-order chi connectivity index (χ1) is 11.2. The third-order valence-electron chi connectivity index (χ3n) is 3.01. The quantitative estimate of drug-likeness (QED) is 0.492. The maximum atomic E-state index is 9.37. The van der Waals surface area contributed by atoms with Crippen molar-refractivity contribution in [2.24, 2.45) is 4.99 Å². The number of hydrogen-bond acceptors (Lipinski definition) is 5. The normalized spacial score (nSPS) is 11.5. The van der Waals surface area contributed by atoms with E-state index in [0.29, 0.717) is 11.5 Å². The Bertz CT molecular complexity index is 824. The number of allylic oxidation sites excluding steroid dienone is 2. The fraction of sp³-hybridized carbons (Fsp3) is 0.118. The molecule has 2 rings (SSSR count). The van der Waals surface area contributed by atoms with E-state index < -0.39 is 0 Å². The minimum absolute atomic E-state index is 0.184. The van der Waals surface area contributed by atoms with E-state index in [0.717, 1.165) is 5.69 Å². The van der Waals surface area contributed by atoms with E-state index in [1.54, 1.807) is 26.2 Å². The number of pyridine rings is 2. The van der Waals surface area contributed by atoms with Crippen LogP contribution in [0.3, 0.4) is 0 Å². The highest BCUT2D eigenvalue weighted by Crippen LogP contribution is 2.21. The molecule has 0 fully saturated rings. The van der Waals surface area contributed by atoms with Crippen LogP contribution in [0.2, 0.25) is 0 Å². The zero-order valence-electron chi connectivity index (χ0n) is 12.8. The highest BCUT2D eigenvalue weighted by atomic mass is 15.2. The Balaban J connectivity index is 2.55. The number of nitrogens with zero attached hydrogens (tertiary/aromatic N) is 6. The summed E-state index contributed by atoms with van der Waals surface area (Å²) in [5, 5.41) is 18.4. The van der Waals surface area contributed by atoms with Gasteiger partial charge in [-0.25, -0.2) is 4.98 Å². The molecule has 0 unspecified atom stereocenters. The Morgan fingerprint density at radius 3 is 2.52 bits per heavy atom. The summed E-state index contributed by atoms with van der Waals surface area (Å²) in [7, 11) is 1.59. The number of rotatable bonds is 4. The Kier molecular flexibility index (Phi) is 5.16. The molecule has 0 saturated carbocycles. The summed E-state index contributed by atoms with van der Waals surface area (Å²) in [4.78, 5) is 14.2. The molecule has 2 aromatic heterocycles. The van der Waals surface area contributed by atoms with Crippen molar-refractivity contribution in [1.82, 2.24) is 9.97 Å². The molecule has 0 amide bonds. The van der Waals surface area contributed by atoms with Crippen LogP contribution in [-0.4, -0.2) is 23.4 Å². The topological polar surface area (TPSA) is 89.0 Å². The van der Waals surface area contributed by atoms with Gasteiger partial charge in [-0.05, 0) is 31.2 Å². The van der Waals surface area contributed by atoms with E-state index in [-0.39, 0.29) is 11.3 Å². The van der Waals surface area contributed by atoms with Crippen LogP contribution in [0.5, 0.6) is 0 Å². The van der Waals surface area contributed by atoms with Crippen molar-refractivity contribution >= 4 is 12.2 Å². The number of anilines is 1. The summed E-state index contributed by atoms with van der Waals surface area (Å²) >= 11 is 0. The Hall–Kier alpha value is -3.51. The van der Waals surface area contributed by atoms with Gasteiger partial charge in [0, 0.05) is 13.2 Å². The minimum atomic E-state index is 0.184. The molecule has 0 saturated heterocycles. The van der Waals surface area contributed by atoms with Crippen molar-refractivity contribution in [3.63, 3.8) is 0 Å². The minimum Gasteiger partial charge on any atom is -0.278 e. The van der Waals surface area contributed by atoms with Crippen molar-refractivity contribution < 1.29 is 0 Å². The second-order valence-corrected chi connectivity index (χ2v) is 4.54. The Morgan fingerprint density at radius 1 is 1.13 bits per heavy atom. The van der Waals surface area contributed by atoms with Crippen molar-refractivity contribution in [3.05, 3.63) is 53.9 Å². The van der Waals surface area contributed by atoms with Crippen molar-refractivity contribution in [2.45, 2.75) is 6.92 Å². The maximum Gasteiger partial charge on any atom is 0.140 e. The summed E-state index contributed by atoms with van der Waals surface area (Å²) in [6.45, 7) is 1.58. The zero-order valence-corrected chi connectivity index (χ0v) is 12.8. The molecule has 6 nitrogen and oxygen atoms in total. The third kappa shape index (κ3) is 3.58. The molecule has 0 bridgehead atoms. The van der Waals surface area contributed by atoms with Gasteiger partial charge in [-0.1, -0.05) is 12.1 Å². The number of nitriles is 2. The lowest BCUT2D eigenvalue weighted by Crippen LogP contribution is -2.22. The molecular weight excluding hydrogens is 288 g/mol. The molecule has 2 heterocycles. The lowest BCUT2D eigenvalue weighted by atomic mass is 10.2. The van der Waals surface area contributed by atoms with Gasteiger partial charge in [-0.15, -0.1) is 0 Å². The maximum absolute atomic E-state index is 9.37. The predicted octanol–water partition coefficient (Wildman–Crippen LogP) is 2.93. The molecule has 0 aromatic carbocycles. The first-order valence-electron chi connectivity index (χ1n) is 6.82. The summed E-state index contributed by atoms with van der Waals surface area (Å²) in [5.41, 5.74) is 1.87. The van der Waals surface area contributed by atoms with Crippen LogP contribution in [0, 0.1) is 22.7 Å². The van der Waals surface area contributed by atoms with Gasteiger partial charge in [0.2, 0.25) is 0 Å².